The highest BCUT2D eigenvalue weighted by molar-refractivity contribution is 5.68. The Morgan fingerprint density at radius 3 is 1.97 bits per heavy atom. The topological polar surface area (TPSA) is 18.5 Å². The van der Waals surface area contributed by atoms with Gasteiger partial charge in [-0.15, -0.1) is 0 Å². The van der Waals surface area contributed by atoms with Crippen molar-refractivity contribution in [3.8, 4) is 11.1 Å². The molecule has 0 bridgehead atoms. The van der Waals surface area contributed by atoms with Crippen molar-refractivity contribution in [2.45, 2.75) is 84.3 Å². The van der Waals surface area contributed by atoms with Crippen LogP contribution in [0.25, 0.3) is 11.1 Å². The van der Waals surface area contributed by atoms with E-state index in [1.165, 1.54) is 68.1 Å². The fraction of sp³-hybridized carbons (Fsp3) is 0.586. The van der Waals surface area contributed by atoms with E-state index in [0.717, 1.165) is 30.6 Å². The standard InChI is InChI=1S/C29H40O2/c1-4-6-22-8-10-24(11-9-22)27-16-17-28(21(3)18-27)25-12-14-26(15-13-25)29-30-19-23(7-5-2)20-31-29/h12-18,22-24,29H,4-11,19-20H2,1-3H3. The van der Waals surface area contributed by atoms with Crippen molar-refractivity contribution in [2.75, 3.05) is 13.2 Å². The molecule has 2 aliphatic rings. The summed E-state index contributed by atoms with van der Waals surface area (Å²) in [6, 6.07) is 15.9. The number of benzene rings is 2. The van der Waals surface area contributed by atoms with E-state index in [4.69, 9.17) is 9.47 Å². The van der Waals surface area contributed by atoms with Gasteiger partial charge in [-0.1, -0.05) is 75.6 Å². The minimum Gasteiger partial charge on any atom is -0.348 e. The first-order chi connectivity index (χ1) is 15.2. The molecule has 2 aromatic carbocycles. The normalized spacial score (nSPS) is 26.7. The van der Waals surface area contributed by atoms with Crippen molar-refractivity contribution in [2.24, 2.45) is 11.8 Å². The van der Waals surface area contributed by atoms with E-state index in [1.807, 2.05) is 0 Å². The van der Waals surface area contributed by atoms with E-state index < -0.39 is 0 Å². The van der Waals surface area contributed by atoms with Gasteiger partial charge in [-0.3, -0.25) is 0 Å². The first-order valence-electron chi connectivity index (χ1n) is 12.6. The second-order valence-electron chi connectivity index (χ2n) is 9.86. The summed E-state index contributed by atoms with van der Waals surface area (Å²) in [5.74, 6) is 2.26. The highest BCUT2D eigenvalue weighted by atomic mass is 16.7. The maximum atomic E-state index is 5.98. The predicted molar refractivity (Wildman–Crippen MR) is 129 cm³/mol. The number of hydrogen-bond acceptors (Lipinski definition) is 2. The first-order valence-corrected chi connectivity index (χ1v) is 12.6. The maximum Gasteiger partial charge on any atom is 0.183 e. The van der Waals surface area contributed by atoms with Crippen molar-refractivity contribution >= 4 is 0 Å². The molecule has 0 atom stereocenters. The lowest BCUT2D eigenvalue weighted by atomic mass is 9.77. The largest absolute Gasteiger partial charge is 0.348 e. The summed E-state index contributed by atoms with van der Waals surface area (Å²) in [4.78, 5) is 0. The summed E-state index contributed by atoms with van der Waals surface area (Å²) in [5, 5.41) is 0. The smallest absolute Gasteiger partial charge is 0.183 e. The molecule has 0 radical (unpaired) electrons. The van der Waals surface area contributed by atoms with Crippen molar-refractivity contribution in [1.29, 1.82) is 0 Å². The molecule has 1 aliphatic carbocycles. The molecular weight excluding hydrogens is 380 g/mol. The molecule has 0 unspecified atom stereocenters. The number of ether oxygens (including phenoxy) is 2. The van der Waals surface area contributed by atoms with Gasteiger partial charge in [0.2, 0.25) is 0 Å². The number of aryl methyl sites for hydroxylation is 1. The van der Waals surface area contributed by atoms with Crippen LogP contribution in [0.2, 0.25) is 0 Å². The van der Waals surface area contributed by atoms with E-state index in [9.17, 15) is 0 Å². The lowest BCUT2D eigenvalue weighted by Gasteiger charge is -2.29. The van der Waals surface area contributed by atoms with Gasteiger partial charge in [0.25, 0.3) is 0 Å². The summed E-state index contributed by atoms with van der Waals surface area (Å²) in [7, 11) is 0. The van der Waals surface area contributed by atoms with Crippen LogP contribution in [0.4, 0.5) is 0 Å². The maximum absolute atomic E-state index is 5.98. The Kier molecular flexibility index (Phi) is 7.85. The Hall–Kier alpha value is -1.64. The molecule has 1 saturated carbocycles. The van der Waals surface area contributed by atoms with Crippen molar-refractivity contribution in [1.82, 2.24) is 0 Å². The third-order valence-electron chi connectivity index (χ3n) is 7.42. The zero-order chi connectivity index (χ0) is 21.6. The van der Waals surface area contributed by atoms with Gasteiger partial charge in [0, 0.05) is 11.5 Å². The third kappa shape index (κ3) is 5.59. The van der Waals surface area contributed by atoms with Gasteiger partial charge >= 0.3 is 0 Å². The summed E-state index contributed by atoms with van der Waals surface area (Å²) in [5.41, 5.74) is 6.66. The van der Waals surface area contributed by atoms with Crippen LogP contribution in [0.15, 0.2) is 42.5 Å². The van der Waals surface area contributed by atoms with E-state index in [2.05, 4.69) is 63.2 Å². The molecule has 0 aromatic heterocycles. The molecular formula is C29H40O2. The quantitative estimate of drug-likeness (QED) is 0.449. The molecule has 1 aliphatic heterocycles. The van der Waals surface area contributed by atoms with Gasteiger partial charge < -0.3 is 9.47 Å². The molecule has 0 amide bonds. The van der Waals surface area contributed by atoms with Crippen LogP contribution in [0, 0.1) is 18.8 Å². The molecule has 2 heteroatoms. The van der Waals surface area contributed by atoms with Crippen LogP contribution in [-0.4, -0.2) is 13.2 Å². The highest BCUT2D eigenvalue weighted by Crippen LogP contribution is 2.39. The average Bonchev–Trinajstić information content (AvgIpc) is 2.81. The van der Waals surface area contributed by atoms with Crippen LogP contribution in [0.1, 0.15) is 94.1 Å². The fourth-order valence-electron chi connectivity index (χ4n) is 5.59. The van der Waals surface area contributed by atoms with Crippen molar-refractivity contribution in [3.05, 3.63) is 59.2 Å². The lowest BCUT2D eigenvalue weighted by molar-refractivity contribution is -0.206. The monoisotopic (exact) mass is 420 g/mol. The Morgan fingerprint density at radius 2 is 1.35 bits per heavy atom. The molecule has 0 spiro atoms. The summed E-state index contributed by atoms with van der Waals surface area (Å²) in [6.07, 6.45) is 10.4. The van der Waals surface area contributed by atoms with Crippen molar-refractivity contribution < 1.29 is 9.47 Å². The first kappa shape index (κ1) is 22.6. The van der Waals surface area contributed by atoms with Crippen LogP contribution in [0.5, 0.6) is 0 Å². The van der Waals surface area contributed by atoms with Gasteiger partial charge in [-0.25, -0.2) is 0 Å². The zero-order valence-electron chi connectivity index (χ0n) is 19.7. The van der Waals surface area contributed by atoms with E-state index in [-0.39, 0.29) is 6.29 Å². The summed E-state index contributed by atoms with van der Waals surface area (Å²) < 4.78 is 12.0. The molecule has 31 heavy (non-hydrogen) atoms. The van der Waals surface area contributed by atoms with Crippen LogP contribution in [-0.2, 0) is 9.47 Å². The van der Waals surface area contributed by atoms with E-state index in [1.54, 1.807) is 5.56 Å². The zero-order valence-corrected chi connectivity index (χ0v) is 19.7. The van der Waals surface area contributed by atoms with E-state index in [0.29, 0.717) is 5.92 Å². The Bertz CT molecular complexity index is 809. The highest BCUT2D eigenvalue weighted by Gasteiger charge is 2.24. The number of hydrogen-bond donors (Lipinski definition) is 0. The van der Waals surface area contributed by atoms with Crippen LogP contribution < -0.4 is 0 Å². The molecule has 2 aromatic rings. The Morgan fingerprint density at radius 1 is 0.742 bits per heavy atom. The molecule has 4 rings (SSSR count). The van der Waals surface area contributed by atoms with Crippen LogP contribution in [0.3, 0.4) is 0 Å². The van der Waals surface area contributed by atoms with Gasteiger partial charge in [-0.05, 0) is 73.1 Å². The third-order valence-corrected chi connectivity index (χ3v) is 7.42. The Balaban J connectivity index is 1.39. The minimum atomic E-state index is -0.214. The molecule has 2 nitrogen and oxygen atoms in total. The van der Waals surface area contributed by atoms with Gasteiger partial charge in [0.1, 0.15) is 0 Å². The Labute approximate surface area is 189 Å². The molecule has 1 saturated heterocycles. The summed E-state index contributed by atoms with van der Waals surface area (Å²) in [6.45, 7) is 8.41. The van der Waals surface area contributed by atoms with Crippen molar-refractivity contribution in [3.63, 3.8) is 0 Å². The number of rotatable bonds is 7. The summed E-state index contributed by atoms with van der Waals surface area (Å²) >= 11 is 0. The van der Waals surface area contributed by atoms with Gasteiger partial charge in [0.15, 0.2) is 6.29 Å². The predicted octanol–water partition coefficient (Wildman–Crippen LogP) is 8.20. The average molecular weight is 421 g/mol. The molecule has 168 valence electrons. The fourth-order valence-corrected chi connectivity index (χ4v) is 5.59. The molecule has 2 fully saturated rings. The second-order valence-corrected chi connectivity index (χ2v) is 9.86. The van der Waals surface area contributed by atoms with E-state index >= 15 is 0 Å². The lowest BCUT2D eigenvalue weighted by Crippen LogP contribution is -2.26. The molecule has 0 N–H and O–H groups in total. The molecule has 1 heterocycles. The SMILES string of the molecule is CCCC1CCC(c2ccc(-c3ccc(C4OCC(CCC)CO4)cc3)c(C)c2)CC1. The second kappa shape index (κ2) is 10.8. The van der Waals surface area contributed by atoms with Gasteiger partial charge in [0.05, 0.1) is 13.2 Å². The van der Waals surface area contributed by atoms with Gasteiger partial charge in [-0.2, -0.15) is 0 Å². The minimum absolute atomic E-state index is 0.214. The van der Waals surface area contributed by atoms with Crippen LogP contribution >= 0.6 is 0 Å².